The van der Waals surface area contributed by atoms with Crippen LogP contribution in [0.15, 0.2) is 42.6 Å². The molecule has 1 aliphatic carbocycles. The van der Waals surface area contributed by atoms with Gasteiger partial charge in [-0.05, 0) is 42.0 Å². The second-order valence-electron chi connectivity index (χ2n) is 12.4. The van der Waals surface area contributed by atoms with E-state index >= 15 is 0 Å². The summed E-state index contributed by atoms with van der Waals surface area (Å²) in [7, 11) is 1.90. The molecule has 2 fully saturated rings. The highest BCUT2D eigenvalue weighted by atomic mass is 16.2. The number of aromatic nitrogens is 2. The van der Waals surface area contributed by atoms with Gasteiger partial charge in [0.05, 0.1) is 24.8 Å². The molecule has 2 heterocycles. The fraction of sp³-hybridized carbons (Fsp3) is 0.486. The largest absolute Gasteiger partial charge is 0.376 e. The van der Waals surface area contributed by atoms with Crippen molar-refractivity contribution in [3.8, 4) is 11.1 Å². The predicted octanol–water partition coefficient (Wildman–Crippen LogP) is 4.89. The zero-order chi connectivity index (χ0) is 31.8. The maximum Gasteiger partial charge on any atom is 0.239 e. The van der Waals surface area contributed by atoms with Crippen molar-refractivity contribution in [1.82, 2.24) is 20.0 Å². The molecule has 5 rings (SSSR count). The van der Waals surface area contributed by atoms with Crippen molar-refractivity contribution >= 4 is 46.2 Å². The van der Waals surface area contributed by atoms with Gasteiger partial charge in [-0.15, -0.1) is 0 Å². The molecule has 1 aliphatic heterocycles. The number of amides is 2. The van der Waals surface area contributed by atoms with Crippen LogP contribution in [-0.2, 0) is 26.2 Å². The maximum atomic E-state index is 13.0. The number of hydrogen-bond donors (Lipinski definition) is 3. The third-order valence-corrected chi connectivity index (χ3v) is 9.33. The number of ketones is 1. The number of likely N-dealkylation sites (tertiary alicyclic amines) is 1. The quantitative estimate of drug-likeness (QED) is 0.186. The lowest BCUT2D eigenvalue weighted by molar-refractivity contribution is -0.134. The van der Waals surface area contributed by atoms with Crippen molar-refractivity contribution in [1.29, 1.82) is 5.41 Å². The lowest BCUT2D eigenvalue weighted by atomic mass is 9.84. The van der Waals surface area contributed by atoms with E-state index in [9.17, 15) is 24.6 Å². The molecule has 2 aromatic carbocycles. The Hall–Kier alpha value is -4.34. The molecule has 3 N–H and O–H groups in total. The van der Waals surface area contributed by atoms with Crippen LogP contribution in [0.4, 0.5) is 5.69 Å². The molecule has 10 heteroatoms. The summed E-state index contributed by atoms with van der Waals surface area (Å²) in [4.78, 5) is 50.4. The third kappa shape index (κ3) is 8.04. The van der Waals surface area contributed by atoms with E-state index in [2.05, 4.69) is 21.8 Å². The molecule has 0 atom stereocenters. The Labute approximate surface area is 264 Å². The number of rotatable bonds is 13. The molecule has 238 valence electrons. The molecule has 0 bridgehead atoms. The van der Waals surface area contributed by atoms with Gasteiger partial charge in [-0.2, -0.15) is 5.10 Å². The van der Waals surface area contributed by atoms with Crippen LogP contribution < -0.4 is 10.6 Å². The third-order valence-electron chi connectivity index (χ3n) is 9.33. The second-order valence-corrected chi connectivity index (χ2v) is 12.4. The van der Waals surface area contributed by atoms with Crippen LogP contribution in [0.25, 0.3) is 22.0 Å². The van der Waals surface area contributed by atoms with E-state index in [4.69, 9.17) is 0 Å². The summed E-state index contributed by atoms with van der Waals surface area (Å²) in [5.74, 6) is 0.318. The summed E-state index contributed by atoms with van der Waals surface area (Å²) in [6.07, 6.45) is 10.9. The molecular formula is C35H44N6O4. The number of benzene rings is 2. The van der Waals surface area contributed by atoms with Gasteiger partial charge in [0, 0.05) is 67.7 Å². The van der Waals surface area contributed by atoms with E-state index in [1.807, 2.05) is 53.2 Å². The topological polar surface area (TPSA) is 137 Å². The number of carbonyl (C=O) groups is 4. The Kier molecular flexibility index (Phi) is 10.8. The van der Waals surface area contributed by atoms with Crippen LogP contribution in [0.3, 0.4) is 0 Å². The summed E-state index contributed by atoms with van der Waals surface area (Å²) < 4.78 is 1.82. The summed E-state index contributed by atoms with van der Waals surface area (Å²) in [6.45, 7) is 0.996. The number of fused-ring (bicyclic) bond motifs is 1. The highest BCUT2D eigenvalue weighted by Crippen LogP contribution is 2.35. The molecule has 0 unspecified atom stereocenters. The van der Waals surface area contributed by atoms with Crippen molar-refractivity contribution in [3.05, 3.63) is 48.2 Å². The standard InChI is InChI=1S/C35H44N6O4/c1-40-31-21-26(10-11-27(31)22-39-40)29-8-5-9-30(38-23-32(44)37-16-19-42)34(29)35(36)25-14-17-41(18-15-25)33(45)13-12-28(43)20-24-6-3-2-4-7-24/h5,8-11,19,21-22,24-25,36,38H,2-4,6-7,12-18,20,23H2,1H3,(H,37,44). The van der Waals surface area contributed by atoms with E-state index in [0.717, 1.165) is 40.4 Å². The molecule has 3 aromatic rings. The number of Topliss-reactive ketones (excluding diaryl/α,β-unsaturated/α-hetero) is 1. The molecule has 2 amide bonds. The minimum absolute atomic E-state index is 0.0190. The Morgan fingerprint density at radius 3 is 2.56 bits per heavy atom. The van der Waals surface area contributed by atoms with E-state index in [1.54, 1.807) is 0 Å². The van der Waals surface area contributed by atoms with Gasteiger partial charge >= 0.3 is 0 Å². The first-order chi connectivity index (χ1) is 21.8. The summed E-state index contributed by atoms with van der Waals surface area (Å²) in [5, 5.41) is 20.5. The van der Waals surface area contributed by atoms with Crippen LogP contribution >= 0.6 is 0 Å². The molecule has 1 saturated heterocycles. The highest BCUT2D eigenvalue weighted by molar-refractivity contribution is 6.10. The first kappa shape index (κ1) is 32.1. The number of hydrogen-bond acceptors (Lipinski definition) is 7. The Bertz CT molecular complexity index is 1550. The number of piperidine rings is 1. The van der Waals surface area contributed by atoms with Crippen molar-refractivity contribution in [2.75, 3.05) is 31.5 Å². The van der Waals surface area contributed by atoms with E-state index < -0.39 is 0 Å². The number of carbonyl (C=O) groups excluding carboxylic acids is 4. The van der Waals surface area contributed by atoms with Crippen molar-refractivity contribution in [2.45, 2.75) is 64.2 Å². The molecule has 10 nitrogen and oxygen atoms in total. The molecule has 0 radical (unpaired) electrons. The van der Waals surface area contributed by atoms with Gasteiger partial charge in [-0.1, -0.05) is 56.4 Å². The molecule has 45 heavy (non-hydrogen) atoms. The molecule has 1 aromatic heterocycles. The number of nitrogens with zero attached hydrogens (tertiary/aromatic N) is 3. The van der Waals surface area contributed by atoms with Crippen molar-refractivity contribution in [2.24, 2.45) is 18.9 Å². The SMILES string of the molecule is Cn1ncc2ccc(-c3cccc(NCC(=O)NCC=O)c3C(=N)C3CCN(C(=O)CCC(=O)CC4CCCCC4)CC3)cc21. The number of aldehydes is 1. The van der Waals surface area contributed by atoms with Gasteiger partial charge < -0.3 is 25.7 Å². The van der Waals surface area contributed by atoms with Crippen LogP contribution in [-0.4, -0.2) is 70.5 Å². The van der Waals surface area contributed by atoms with Crippen molar-refractivity contribution in [3.63, 3.8) is 0 Å². The van der Waals surface area contributed by atoms with E-state index in [-0.39, 0.29) is 43.0 Å². The second kappa shape index (κ2) is 15.1. The van der Waals surface area contributed by atoms with Crippen LogP contribution in [0.1, 0.15) is 69.8 Å². The number of nitrogens with one attached hydrogen (secondary N) is 3. The lowest BCUT2D eigenvalue weighted by Crippen LogP contribution is -2.40. The average molecular weight is 613 g/mol. The molecule has 2 aliphatic rings. The van der Waals surface area contributed by atoms with E-state index in [0.29, 0.717) is 62.4 Å². The summed E-state index contributed by atoms with van der Waals surface area (Å²) >= 11 is 0. The first-order valence-corrected chi connectivity index (χ1v) is 16.2. The smallest absolute Gasteiger partial charge is 0.239 e. The van der Waals surface area contributed by atoms with Crippen LogP contribution in [0.2, 0.25) is 0 Å². The van der Waals surface area contributed by atoms with Crippen LogP contribution in [0.5, 0.6) is 0 Å². The molecular weight excluding hydrogens is 568 g/mol. The van der Waals surface area contributed by atoms with Gasteiger partial charge in [0.25, 0.3) is 0 Å². The number of anilines is 1. The van der Waals surface area contributed by atoms with Gasteiger partial charge in [0.2, 0.25) is 11.8 Å². The average Bonchev–Trinajstić information content (AvgIpc) is 3.44. The number of aryl methyl sites for hydroxylation is 1. The van der Waals surface area contributed by atoms with Crippen molar-refractivity contribution < 1.29 is 19.2 Å². The fourth-order valence-corrected chi connectivity index (χ4v) is 6.78. The Morgan fingerprint density at radius 1 is 1.02 bits per heavy atom. The van der Waals surface area contributed by atoms with Crippen LogP contribution in [0, 0.1) is 17.2 Å². The zero-order valence-corrected chi connectivity index (χ0v) is 26.1. The van der Waals surface area contributed by atoms with Gasteiger partial charge in [-0.3, -0.25) is 19.1 Å². The lowest BCUT2D eigenvalue weighted by Gasteiger charge is -2.33. The Balaban J connectivity index is 1.28. The molecule has 1 saturated carbocycles. The predicted molar refractivity (Wildman–Crippen MR) is 175 cm³/mol. The summed E-state index contributed by atoms with van der Waals surface area (Å²) in [6, 6.07) is 11.9. The monoisotopic (exact) mass is 612 g/mol. The van der Waals surface area contributed by atoms with E-state index in [1.165, 1.54) is 19.3 Å². The van der Waals surface area contributed by atoms with Gasteiger partial charge in [-0.25, -0.2) is 0 Å². The first-order valence-electron chi connectivity index (χ1n) is 16.2. The van der Waals surface area contributed by atoms with Gasteiger partial charge in [0.1, 0.15) is 12.1 Å². The zero-order valence-electron chi connectivity index (χ0n) is 26.1. The minimum Gasteiger partial charge on any atom is -0.376 e. The fourth-order valence-electron chi connectivity index (χ4n) is 6.78. The minimum atomic E-state index is -0.315. The maximum absolute atomic E-state index is 13.0. The van der Waals surface area contributed by atoms with Gasteiger partial charge in [0.15, 0.2) is 0 Å². The highest BCUT2D eigenvalue weighted by Gasteiger charge is 2.29. The summed E-state index contributed by atoms with van der Waals surface area (Å²) in [5.41, 5.74) is 4.63. The Morgan fingerprint density at radius 2 is 1.80 bits per heavy atom. The molecule has 0 spiro atoms. The normalized spacial score (nSPS) is 16.0.